The molecule has 1 aliphatic rings. The molecule has 0 radical (unpaired) electrons. The normalized spacial score (nSPS) is 18.3. The quantitative estimate of drug-likeness (QED) is 0.838. The average molecular weight is 280 g/mol. The Morgan fingerprint density at radius 3 is 2.84 bits per heavy atom. The van der Waals surface area contributed by atoms with Crippen LogP contribution < -0.4 is 5.32 Å². The first kappa shape index (κ1) is 13.7. The summed E-state index contributed by atoms with van der Waals surface area (Å²) in [6.07, 6.45) is 0.948. The van der Waals surface area contributed by atoms with E-state index in [0.29, 0.717) is 12.8 Å². The van der Waals surface area contributed by atoms with Crippen molar-refractivity contribution in [1.82, 2.24) is 10.2 Å². The van der Waals surface area contributed by atoms with Crippen LogP contribution in [-0.2, 0) is 20.8 Å². The summed E-state index contributed by atoms with van der Waals surface area (Å²) in [6.45, 7) is 3.25. The molecule has 0 spiro atoms. The summed E-state index contributed by atoms with van der Waals surface area (Å²) in [5, 5.41) is 4.21. The van der Waals surface area contributed by atoms with Crippen LogP contribution in [0.1, 0.15) is 25.1 Å². The van der Waals surface area contributed by atoms with Crippen molar-refractivity contribution in [3.8, 4) is 0 Å². The van der Waals surface area contributed by atoms with Crippen molar-refractivity contribution in [2.45, 2.75) is 32.2 Å². The third-order valence-electron chi connectivity index (χ3n) is 3.25. The number of hydrogen-bond acceptors (Lipinski definition) is 4. The van der Waals surface area contributed by atoms with Crippen molar-refractivity contribution >= 4 is 29.1 Å². The van der Waals surface area contributed by atoms with Crippen LogP contribution in [-0.4, -0.2) is 34.7 Å². The highest BCUT2D eigenvalue weighted by molar-refractivity contribution is 7.09. The number of amides is 3. The van der Waals surface area contributed by atoms with Crippen LogP contribution in [0.5, 0.6) is 0 Å². The van der Waals surface area contributed by atoms with Crippen LogP contribution in [0.25, 0.3) is 0 Å². The Balaban J connectivity index is 2.04. The van der Waals surface area contributed by atoms with Crippen molar-refractivity contribution in [1.29, 1.82) is 0 Å². The zero-order chi connectivity index (χ0) is 14.0. The number of imide groups is 1. The summed E-state index contributed by atoms with van der Waals surface area (Å²) in [7, 11) is 0. The van der Waals surface area contributed by atoms with Gasteiger partial charge in [0, 0.05) is 11.3 Å². The van der Waals surface area contributed by atoms with Crippen molar-refractivity contribution < 1.29 is 14.4 Å². The fourth-order valence-electron chi connectivity index (χ4n) is 2.00. The second-order valence-corrected chi connectivity index (χ2v) is 6.03. The molecule has 0 unspecified atom stereocenters. The van der Waals surface area contributed by atoms with Crippen LogP contribution in [0.15, 0.2) is 17.5 Å². The van der Waals surface area contributed by atoms with E-state index in [1.807, 2.05) is 17.5 Å². The Bertz CT molecular complexity index is 508. The average Bonchev–Trinajstić information content (AvgIpc) is 2.84. The number of carbonyl (C=O) groups is 3. The highest BCUT2D eigenvalue weighted by Gasteiger charge is 2.43. The summed E-state index contributed by atoms with van der Waals surface area (Å²) in [4.78, 5) is 37.8. The number of carbonyl (C=O) groups excluding carboxylic acids is 3. The molecule has 3 amide bonds. The van der Waals surface area contributed by atoms with Gasteiger partial charge in [0.2, 0.25) is 11.8 Å². The molecular formula is C13H16N2O3S. The molecule has 1 N–H and O–H groups in total. The molecule has 0 aliphatic carbocycles. The minimum absolute atomic E-state index is 0.0536. The van der Waals surface area contributed by atoms with E-state index >= 15 is 0 Å². The molecule has 6 heteroatoms. The van der Waals surface area contributed by atoms with Gasteiger partial charge in [0.15, 0.2) is 0 Å². The maximum Gasteiger partial charge on any atom is 0.252 e. The molecule has 2 rings (SSSR count). The Hall–Kier alpha value is -1.69. The lowest BCUT2D eigenvalue weighted by Gasteiger charge is -2.40. The molecule has 0 saturated carbocycles. The van der Waals surface area contributed by atoms with E-state index in [2.05, 4.69) is 5.32 Å². The van der Waals surface area contributed by atoms with Crippen molar-refractivity contribution in [3.05, 3.63) is 22.4 Å². The lowest BCUT2D eigenvalue weighted by molar-refractivity contribution is -0.155. The third-order valence-corrected chi connectivity index (χ3v) is 4.19. The number of hydrogen-bond donors (Lipinski definition) is 1. The lowest BCUT2D eigenvalue weighted by Crippen LogP contribution is -2.65. The van der Waals surface area contributed by atoms with E-state index in [0.717, 1.165) is 4.88 Å². The van der Waals surface area contributed by atoms with Gasteiger partial charge in [-0.3, -0.25) is 19.7 Å². The van der Waals surface area contributed by atoms with Crippen molar-refractivity contribution in [3.63, 3.8) is 0 Å². The first-order valence-electron chi connectivity index (χ1n) is 6.08. The molecule has 102 valence electrons. The van der Waals surface area contributed by atoms with E-state index in [-0.39, 0.29) is 12.5 Å². The summed E-state index contributed by atoms with van der Waals surface area (Å²) >= 11 is 1.60. The number of thiophene rings is 1. The lowest BCUT2D eigenvalue weighted by atomic mass is 9.98. The van der Waals surface area contributed by atoms with E-state index < -0.39 is 17.4 Å². The molecule has 5 nitrogen and oxygen atoms in total. The molecule has 1 aromatic rings. The predicted molar refractivity (Wildman–Crippen MR) is 71.6 cm³/mol. The topological polar surface area (TPSA) is 66.5 Å². The predicted octanol–water partition coefficient (Wildman–Crippen LogP) is 0.944. The fraction of sp³-hybridized carbons (Fsp3) is 0.462. The highest BCUT2D eigenvalue weighted by atomic mass is 32.1. The van der Waals surface area contributed by atoms with Crippen molar-refractivity contribution in [2.75, 3.05) is 6.54 Å². The first-order valence-corrected chi connectivity index (χ1v) is 6.96. The summed E-state index contributed by atoms with van der Waals surface area (Å²) in [6, 6.07) is 3.91. The number of aryl methyl sites for hydroxylation is 1. The van der Waals surface area contributed by atoms with E-state index in [9.17, 15) is 14.4 Å². The van der Waals surface area contributed by atoms with Gasteiger partial charge in [-0.2, -0.15) is 0 Å². The van der Waals surface area contributed by atoms with Crippen LogP contribution in [0.3, 0.4) is 0 Å². The SMILES string of the molecule is CC1(C)C(=O)NC(=O)CN1C(=O)CCc1cccs1. The van der Waals surface area contributed by atoms with Gasteiger partial charge in [-0.1, -0.05) is 6.07 Å². The minimum atomic E-state index is -0.972. The largest absolute Gasteiger partial charge is 0.319 e. The molecule has 1 fully saturated rings. The zero-order valence-corrected chi connectivity index (χ0v) is 11.8. The number of nitrogens with zero attached hydrogens (tertiary/aromatic N) is 1. The third kappa shape index (κ3) is 2.84. The second-order valence-electron chi connectivity index (χ2n) is 5.00. The van der Waals surface area contributed by atoms with E-state index in [1.54, 1.807) is 25.2 Å². The standard InChI is InChI=1S/C13H16N2O3S/c1-13(2)12(18)14-10(16)8-15(13)11(17)6-5-9-4-3-7-19-9/h3-4,7H,5-6,8H2,1-2H3,(H,14,16,18). The van der Waals surface area contributed by atoms with Crippen LogP contribution >= 0.6 is 11.3 Å². The zero-order valence-electron chi connectivity index (χ0n) is 10.9. The molecule has 19 heavy (non-hydrogen) atoms. The van der Waals surface area contributed by atoms with Gasteiger partial charge in [-0.25, -0.2) is 0 Å². The monoisotopic (exact) mass is 280 g/mol. The van der Waals surface area contributed by atoms with Crippen LogP contribution in [0.4, 0.5) is 0 Å². The van der Waals surface area contributed by atoms with Gasteiger partial charge in [0.1, 0.15) is 12.1 Å². The molecule has 0 bridgehead atoms. The Kier molecular flexibility index (Phi) is 3.71. The van der Waals surface area contributed by atoms with Gasteiger partial charge >= 0.3 is 0 Å². The first-order chi connectivity index (χ1) is 8.91. The molecular weight excluding hydrogens is 264 g/mol. The van der Waals surface area contributed by atoms with E-state index in [1.165, 1.54) is 4.90 Å². The summed E-state index contributed by atoms with van der Waals surface area (Å²) < 4.78 is 0. The summed E-state index contributed by atoms with van der Waals surface area (Å²) in [5.74, 6) is -1.01. The van der Waals surface area contributed by atoms with Gasteiger partial charge < -0.3 is 4.90 Å². The van der Waals surface area contributed by atoms with Gasteiger partial charge in [-0.15, -0.1) is 11.3 Å². The Morgan fingerprint density at radius 1 is 1.47 bits per heavy atom. The van der Waals surface area contributed by atoms with Crippen LogP contribution in [0.2, 0.25) is 0 Å². The molecule has 1 saturated heterocycles. The molecule has 1 aliphatic heterocycles. The second kappa shape index (κ2) is 5.13. The summed E-state index contributed by atoms with van der Waals surface area (Å²) in [5.41, 5.74) is -0.972. The maximum absolute atomic E-state index is 12.2. The Morgan fingerprint density at radius 2 is 2.21 bits per heavy atom. The molecule has 0 aromatic carbocycles. The van der Waals surface area contributed by atoms with Gasteiger partial charge in [0.05, 0.1) is 0 Å². The van der Waals surface area contributed by atoms with Crippen LogP contribution in [0, 0.1) is 0 Å². The number of nitrogens with one attached hydrogen (secondary N) is 1. The highest BCUT2D eigenvalue weighted by Crippen LogP contribution is 2.20. The van der Waals surface area contributed by atoms with Crippen molar-refractivity contribution in [2.24, 2.45) is 0 Å². The molecule has 2 heterocycles. The Labute approximate surface area is 115 Å². The smallest absolute Gasteiger partial charge is 0.252 e. The number of piperazine rings is 1. The maximum atomic E-state index is 12.2. The van der Waals surface area contributed by atoms with Gasteiger partial charge in [0.25, 0.3) is 5.91 Å². The fourth-order valence-corrected chi connectivity index (χ4v) is 2.71. The molecule has 0 atom stereocenters. The van der Waals surface area contributed by atoms with E-state index in [4.69, 9.17) is 0 Å². The number of rotatable bonds is 3. The molecule has 1 aromatic heterocycles. The van der Waals surface area contributed by atoms with Gasteiger partial charge in [-0.05, 0) is 31.7 Å². The minimum Gasteiger partial charge on any atom is -0.319 e.